The molecule has 0 spiro atoms. The molecule has 5 nitrogen and oxygen atoms in total. The highest BCUT2D eigenvalue weighted by atomic mass is 19.1. The number of halogens is 1. The van der Waals surface area contributed by atoms with Gasteiger partial charge in [-0.2, -0.15) is 0 Å². The smallest absolute Gasteiger partial charge is 0.309 e. The van der Waals surface area contributed by atoms with Gasteiger partial charge in [0.1, 0.15) is 5.82 Å². The first-order chi connectivity index (χ1) is 17.4. The number of fused-ring (bicyclic) bond motifs is 2. The van der Waals surface area contributed by atoms with Gasteiger partial charge in [-0.3, -0.25) is 9.59 Å². The van der Waals surface area contributed by atoms with Crippen LogP contribution in [0.15, 0.2) is 79.0 Å². The van der Waals surface area contributed by atoms with Crippen molar-refractivity contribution in [3.8, 4) is 11.1 Å². The van der Waals surface area contributed by atoms with E-state index in [1.165, 1.54) is 6.07 Å². The molecule has 1 heterocycles. The zero-order valence-corrected chi connectivity index (χ0v) is 19.8. The Balaban J connectivity index is 1.23. The van der Waals surface area contributed by atoms with Crippen molar-refractivity contribution in [2.24, 2.45) is 11.3 Å². The number of rotatable bonds is 6. The monoisotopic (exact) mass is 482 g/mol. The number of carbonyl (C=O) groups is 2. The molecular weight excluding hydrogens is 455 g/mol. The third kappa shape index (κ3) is 3.87. The van der Waals surface area contributed by atoms with Crippen molar-refractivity contribution in [3.63, 3.8) is 0 Å². The van der Waals surface area contributed by atoms with Crippen LogP contribution in [0.4, 0.5) is 4.39 Å². The van der Waals surface area contributed by atoms with Crippen molar-refractivity contribution in [3.05, 3.63) is 95.9 Å². The van der Waals surface area contributed by atoms with Gasteiger partial charge >= 0.3 is 5.97 Å². The maximum absolute atomic E-state index is 14.7. The number of aliphatic carboxylic acids is 1. The summed E-state index contributed by atoms with van der Waals surface area (Å²) in [4.78, 5) is 24.9. The van der Waals surface area contributed by atoms with Crippen LogP contribution in [0.3, 0.4) is 0 Å². The van der Waals surface area contributed by atoms with E-state index >= 15 is 0 Å². The molecule has 3 atom stereocenters. The van der Waals surface area contributed by atoms with Gasteiger partial charge in [0.05, 0.1) is 16.5 Å². The van der Waals surface area contributed by atoms with Gasteiger partial charge in [-0.1, -0.05) is 54.6 Å². The zero-order chi connectivity index (χ0) is 24.9. The molecule has 0 radical (unpaired) electrons. The summed E-state index contributed by atoms with van der Waals surface area (Å²) in [6.45, 7) is 0.509. The molecule has 4 aromatic rings. The van der Waals surface area contributed by atoms with E-state index in [-0.39, 0.29) is 23.7 Å². The molecule has 36 heavy (non-hydrogen) atoms. The third-order valence-corrected chi connectivity index (χ3v) is 8.03. The Kier molecular flexibility index (Phi) is 5.40. The molecule has 6 rings (SSSR count). The Morgan fingerprint density at radius 3 is 2.47 bits per heavy atom. The second-order valence-electron chi connectivity index (χ2n) is 10.2. The maximum atomic E-state index is 14.7. The number of nitrogens with one attached hydrogen (secondary N) is 1. The topological polar surface area (TPSA) is 71.3 Å². The molecule has 2 N–H and O–H groups in total. The summed E-state index contributed by atoms with van der Waals surface area (Å²) in [5, 5.41) is 13.0. The SMILES string of the molecule is O=C(NC1CC[C@]2(C(=O)O)CC2C1)c1ccc(F)c2ccn(Cc3ccc(-c4ccccc4)cc3)c12. The van der Waals surface area contributed by atoms with Crippen LogP contribution < -0.4 is 5.32 Å². The summed E-state index contributed by atoms with van der Waals surface area (Å²) in [7, 11) is 0. The molecule has 2 unspecified atom stereocenters. The van der Waals surface area contributed by atoms with Gasteiger partial charge in [-0.05, 0) is 66.5 Å². The van der Waals surface area contributed by atoms with Gasteiger partial charge in [0.15, 0.2) is 0 Å². The van der Waals surface area contributed by atoms with Crippen LogP contribution in [0.25, 0.3) is 22.0 Å². The largest absolute Gasteiger partial charge is 0.481 e. The van der Waals surface area contributed by atoms with E-state index in [0.717, 1.165) is 16.7 Å². The summed E-state index contributed by atoms with van der Waals surface area (Å²) in [6.07, 6.45) is 4.43. The Hall–Kier alpha value is -3.93. The molecule has 1 amide bonds. The van der Waals surface area contributed by atoms with Gasteiger partial charge in [0, 0.05) is 24.2 Å². The number of benzene rings is 3. The van der Waals surface area contributed by atoms with E-state index in [4.69, 9.17) is 0 Å². The quantitative estimate of drug-likeness (QED) is 0.361. The second kappa shape index (κ2) is 8.63. The van der Waals surface area contributed by atoms with Crippen LogP contribution in [-0.2, 0) is 11.3 Å². The average molecular weight is 483 g/mol. The Bertz CT molecular complexity index is 1460. The van der Waals surface area contributed by atoms with Crippen LogP contribution in [0.1, 0.15) is 41.6 Å². The highest BCUT2D eigenvalue weighted by Crippen LogP contribution is 2.61. The number of hydrogen-bond donors (Lipinski definition) is 2. The Labute approximate surface area is 208 Å². The molecule has 0 aliphatic heterocycles. The minimum absolute atomic E-state index is 0.0634. The van der Waals surface area contributed by atoms with Crippen LogP contribution in [-0.4, -0.2) is 27.6 Å². The molecule has 3 aromatic carbocycles. The van der Waals surface area contributed by atoms with E-state index in [1.807, 2.05) is 29.0 Å². The fourth-order valence-electron chi connectivity index (χ4n) is 5.89. The second-order valence-corrected chi connectivity index (χ2v) is 10.2. The maximum Gasteiger partial charge on any atom is 0.309 e. The molecule has 2 aliphatic carbocycles. The molecule has 1 aromatic heterocycles. The predicted octanol–water partition coefficient (Wildman–Crippen LogP) is 5.87. The van der Waals surface area contributed by atoms with E-state index in [2.05, 4.69) is 41.7 Å². The number of amides is 1. The van der Waals surface area contributed by atoms with Crippen LogP contribution >= 0.6 is 0 Å². The van der Waals surface area contributed by atoms with Crippen LogP contribution in [0.5, 0.6) is 0 Å². The first-order valence-electron chi connectivity index (χ1n) is 12.4. The lowest BCUT2D eigenvalue weighted by molar-refractivity contribution is -0.144. The van der Waals surface area contributed by atoms with E-state index in [0.29, 0.717) is 48.7 Å². The fraction of sp³-hybridized carbons (Fsp3) is 0.267. The number of nitrogens with zero attached hydrogens (tertiary/aromatic N) is 1. The Morgan fingerprint density at radius 2 is 1.75 bits per heavy atom. The van der Waals surface area contributed by atoms with Gasteiger partial charge in [-0.15, -0.1) is 0 Å². The molecule has 2 aliphatic rings. The van der Waals surface area contributed by atoms with E-state index in [9.17, 15) is 19.1 Å². The highest BCUT2D eigenvalue weighted by Gasteiger charge is 2.62. The van der Waals surface area contributed by atoms with Crippen LogP contribution in [0.2, 0.25) is 0 Å². The molecule has 182 valence electrons. The fourth-order valence-corrected chi connectivity index (χ4v) is 5.89. The van der Waals surface area contributed by atoms with Gasteiger partial charge in [-0.25, -0.2) is 4.39 Å². The standard InChI is InChI=1S/C30H27FN2O3/c31-26-11-10-25(28(34)32-23-12-14-30(29(35)36)17-22(30)16-23)27-24(26)13-15-33(27)18-19-6-8-21(9-7-19)20-4-2-1-3-5-20/h1-11,13,15,22-23H,12,14,16-18H2,(H,32,34)(H,35,36)/t22?,23?,30-/m0/s1. The highest BCUT2D eigenvalue weighted by molar-refractivity contribution is 6.06. The summed E-state index contributed by atoms with van der Waals surface area (Å²) in [5.74, 6) is -1.19. The lowest BCUT2D eigenvalue weighted by atomic mass is 9.85. The van der Waals surface area contributed by atoms with Crippen molar-refractivity contribution in [2.45, 2.75) is 38.3 Å². The van der Waals surface area contributed by atoms with Crippen molar-refractivity contribution in [1.82, 2.24) is 9.88 Å². The summed E-state index contributed by atoms with van der Waals surface area (Å²) >= 11 is 0. The summed E-state index contributed by atoms with van der Waals surface area (Å²) < 4.78 is 16.6. The number of carboxylic acids is 1. The molecule has 0 saturated heterocycles. The molecule has 6 heteroatoms. The number of aromatic nitrogens is 1. The lowest BCUT2D eigenvalue weighted by Crippen LogP contribution is -2.39. The predicted molar refractivity (Wildman–Crippen MR) is 136 cm³/mol. The Morgan fingerprint density at radius 1 is 1.00 bits per heavy atom. The molecule has 0 bridgehead atoms. The van der Waals surface area contributed by atoms with Crippen molar-refractivity contribution >= 4 is 22.8 Å². The first-order valence-corrected chi connectivity index (χ1v) is 12.4. The van der Waals surface area contributed by atoms with Crippen molar-refractivity contribution < 1.29 is 19.1 Å². The minimum atomic E-state index is -0.716. The normalized spacial score (nSPS) is 22.7. The minimum Gasteiger partial charge on any atom is -0.481 e. The van der Waals surface area contributed by atoms with Gasteiger partial charge in [0.2, 0.25) is 0 Å². The van der Waals surface area contributed by atoms with E-state index in [1.54, 1.807) is 12.1 Å². The first kappa shape index (κ1) is 22.5. The van der Waals surface area contributed by atoms with Gasteiger partial charge < -0.3 is 15.0 Å². The van der Waals surface area contributed by atoms with E-state index < -0.39 is 11.4 Å². The van der Waals surface area contributed by atoms with Crippen molar-refractivity contribution in [2.75, 3.05) is 0 Å². The summed E-state index contributed by atoms with van der Waals surface area (Å²) in [5.41, 5.74) is 3.75. The van der Waals surface area contributed by atoms with Crippen LogP contribution in [0, 0.1) is 17.2 Å². The zero-order valence-electron chi connectivity index (χ0n) is 19.8. The number of carbonyl (C=O) groups excluding carboxylic acids is 1. The molecule has 2 fully saturated rings. The lowest BCUT2D eigenvalue weighted by Gasteiger charge is -2.26. The summed E-state index contributed by atoms with van der Waals surface area (Å²) in [6, 6.07) is 22.9. The van der Waals surface area contributed by atoms with Crippen molar-refractivity contribution in [1.29, 1.82) is 0 Å². The van der Waals surface area contributed by atoms with Gasteiger partial charge in [0.25, 0.3) is 5.91 Å². The average Bonchev–Trinajstić information content (AvgIpc) is 3.50. The third-order valence-electron chi connectivity index (χ3n) is 8.03. The number of carboxylic acid groups (broad SMARTS) is 1. The molecular formula is C30H27FN2O3. The molecule has 2 saturated carbocycles. The number of hydrogen-bond acceptors (Lipinski definition) is 2.